The van der Waals surface area contributed by atoms with E-state index < -0.39 is 11.4 Å². The molecule has 1 aromatic heterocycles. The summed E-state index contributed by atoms with van der Waals surface area (Å²) < 4.78 is 15.5. The van der Waals surface area contributed by atoms with E-state index in [2.05, 4.69) is 46.4 Å². The predicted molar refractivity (Wildman–Crippen MR) is 139 cm³/mol. The average Bonchev–Trinajstić information content (AvgIpc) is 2.85. The summed E-state index contributed by atoms with van der Waals surface area (Å²) in [6, 6.07) is 19.1. The van der Waals surface area contributed by atoms with E-state index in [9.17, 15) is 14.0 Å². The summed E-state index contributed by atoms with van der Waals surface area (Å²) in [5.74, 6) is -0.814. The Morgan fingerprint density at radius 3 is 2.49 bits per heavy atom. The number of hydrogen-bond acceptors (Lipinski definition) is 4. The van der Waals surface area contributed by atoms with Crippen molar-refractivity contribution in [2.75, 3.05) is 20.6 Å². The van der Waals surface area contributed by atoms with Crippen LogP contribution < -0.4 is 10.9 Å². The second kappa shape index (κ2) is 10.3. The van der Waals surface area contributed by atoms with Crippen LogP contribution in [0.3, 0.4) is 0 Å². The summed E-state index contributed by atoms with van der Waals surface area (Å²) in [7, 11) is 3.95. The summed E-state index contributed by atoms with van der Waals surface area (Å²) >= 11 is 5.34. The molecule has 0 aliphatic rings. The molecule has 35 heavy (non-hydrogen) atoms. The number of rotatable bonds is 7. The first-order valence-electron chi connectivity index (χ1n) is 11.4. The number of benzene rings is 3. The first-order chi connectivity index (χ1) is 16.8. The lowest BCUT2D eigenvalue weighted by atomic mass is 10.0. The highest BCUT2D eigenvalue weighted by Gasteiger charge is 2.17. The van der Waals surface area contributed by atoms with Crippen LogP contribution in [0.15, 0.2) is 71.5 Å². The number of halogens is 1. The molecule has 4 rings (SSSR count). The second-order valence-electron chi connectivity index (χ2n) is 8.57. The van der Waals surface area contributed by atoms with Gasteiger partial charge in [-0.2, -0.15) is 0 Å². The van der Waals surface area contributed by atoms with Gasteiger partial charge in [0.05, 0.1) is 22.6 Å². The number of aryl methyl sites for hydroxylation is 1. The Bertz CT molecular complexity index is 1490. The lowest BCUT2D eigenvalue weighted by molar-refractivity contribution is 0.0942. The molecule has 0 bridgehead atoms. The zero-order valence-electron chi connectivity index (χ0n) is 19.8. The Morgan fingerprint density at radius 1 is 1.11 bits per heavy atom. The number of fused-ring (bicyclic) bond motifs is 1. The van der Waals surface area contributed by atoms with Crippen LogP contribution in [0.5, 0.6) is 0 Å². The summed E-state index contributed by atoms with van der Waals surface area (Å²) in [5.41, 5.74) is 2.81. The smallest absolute Gasteiger partial charge is 0.266 e. The maximum absolute atomic E-state index is 14.3. The number of para-hydroxylation sites is 1. The van der Waals surface area contributed by atoms with E-state index in [-0.39, 0.29) is 22.4 Å². The van der Waals surface area contributed by atoms with Gasteiger partial charge < -0.3 is 15.2 Å². The molecule has 180 valence electrons. The van der Waals surface area contributed by atoms with Gasteiger partial charge in [-0.25, -0.2) is 8.96 Å². The van der Waals surface area contributed by atoms with Gasteiger partial charge in [0, 0.05) is 12.1 Å². The molecule has 1 heterocycles. The summed E-state index contributed by atoms with van der Waals surface area (Å²) in [6.45, 7) is 2.53. The third-order valence-electron chi connectivity index (χ3n) is 6.11. The molecule has 0 aliphatic heterocycles. The van der Waals surface area contributed by atoms with Crippen LogP contribution in [-0.4, -0.2) is 41.0 Å². The number of likely N-dealkylation sites (N-methyl/N-ethyl adjacent to an activating group) is 1. The summed E-state index contributed by atoms with van der Waals surface area (Å²) in [6.07, 6.45) is 0.972. The Hall–Kier alpha value is -3.62. The minimum Gasteiger partial charge on any atom is -0.350 e. The SMILES string of the molecule is CCc1ccc([C@H](CNC(=O)c2ccc3c(=O)n(-c4ccccc4F)c(=S)[nH]c3c2)N(C)C)cc1. The maximum Gasteiger partial charge on any atom is 0.266 e. The van der Waals surface area contributed by atoms with Gasteiger partial charge in [-0.15, -0.1) is 0 Å². The monoisotopic (exact) mass is 490 g/mol. The van der Waals surface area contributed by atoms with Crippen LogP contribution in [-0.2, 0) is 6.42 Å². The number of hydrogen-bond donors (Lipinski definition) is 2. The molecule has 0 spiro atoms. The van der Waals surface area contributed by atoms with Gasteiger partial charge >= 0.3 is 0 Å². The number of nitrogens with zero attached hydrogens (tertiary/aromatic N) is 2. The lowest BCUT2D eigenvalue weighted by Gasteiger charge is -2.25. The minimum absolute atomic E-state index is 0.00379. The largest absolute Gasteiger partial charge is 0.350 e. The molecule has 0 aliphatic carbocycles. The Morgan fingerprint density at radius 2 is 1.83 bits per heavy atom. The van der Waals surface area contributed by atoms with E-state index in [1.165, 1.54) is 17.7 Å². The van der Waals surface area contributed by atoms with Gasteiger partial charge in [0.1, 0.15) is 5.82 Å². The van der Waals surface area contributed by atoms with Crippen LogP contribution in [0.1, 0.15) is 34.5 Å². The van der Waals surface area contributed by atoms with Crippen molar-refractivity contribution in [2.24, 2.45) is 0 Å². The number of amides is 1. The van der Waals surface area contributed by atoms with Gasteiger partial charge in [0.15, 0.2) is 4.77 Å². The van der Waals surface area contributed by atoms with Crippen LogP contribution in [0.4, 0.5) is 4.39 Å². The molecule has 2 N–H and O–H groups in total. The molecular weight excluding hydrogens is 463 g/mol. The van der Waals surface area contributed by atoms with E-state index in [0.717, 1.165) is 16.6 Å². The van der Waals surface area contributed by atoms with Gasteiger partial charge in [-0.3, -0.25) is 9.59 Å². The Balaban J connectivity index is 1.59. The summed E-state index contributed by atoms with van der Waals surface area (Å²) in [5, 5.41) is 3.30. The van der Waals surface area contributed by atoms with Gasteiger partial charge in [-0.1, -0.05) is 43.3 Å². The summed E-state index contributed by atoms with van der Waals surface area (Å²) in [4.78, 5) is 31.0. The van der Waals surface area contributed by atoms with E-state index >= 15 is 0 Å². The Labute approximate surface area is 208 Å². The van der Waals surface area contributed by atoms with Crippen molar-refractivity contribution in [1.29, 1.82) is 0 Å². The molecule has 0 fully saturated rings. The van der Waals surface area contributed by atoms with Crippen LogP contribution in [0.25, 0.3) is 16.6 Å². The lowest BCUT2D eigenvalue weighted by Crippen LogP contribution is -2.34. The molecule has 0 saturated carbocycles. The van der Waals surface area contributed by atoms with E-state index in [1.54, 1.807) is 30.3 Å². The highest BCUT2D eigenvalue weighted by atomic mass is 32.1. The van der Waals surface area contributed by atoms with Crippen molar-refractivity contribution in [3.8, 4) is 5.69 Å². The zero-order valence-corrected chi connectivity index (χ0v) is 20.7. The molecule has 0 unspecified atom stereocenters. The zero-order chi connectivity index (χ0) is 25.1. The first-order valence-corrected chi connectivity index (χ1v) is 11.8. The second-order valence-corrected chi connectivity index (χ2v) is 8.95. The molecule has 4 aromatic rings. The predicted octanol–water partition coefficient (Wildman–Crippen LogP) is 4.78. The fourth-order valence-corrected chi connectivity index (χ4v) is 4.37. The normalized spacial score (nSPS) is 12.1. The van der Waals surface area contributed by atoms with E-state index in [0.29, 0.717) is 23.0 Å². The number of carbonyl (C=O) groups excluding carboxylic acids is 1. The fourth-order valence-electron chi connectivity index (χ4n) is 4.08. The maximum atomic E-state index is 14.3. The molecule has 6 nitrogen and oxygen atoms in total. The molecule has 1 amide bonds. The van der Waals surface area contributed by atoms with Crippen molar-refractivity contribution in [2.45, 2.75) is 19.4 Å². The number of H-pyrrole nitrogens is 1. The topological polar surface area (TPSA) is 70.1 Å². The highest BCUT2D eigenvalue weighted by molar-refractivity contribution is 7.71. The molecule has 1 atom stereocenters. The standard InChI is InChI=1S/C27H27FN4O2S/c1-4-17-9-11-18(12-10-17)24(31(2)3)16-29-25(33)19-13-14-20-22(15-19)30-27(35)32(26(20)34)23-8-6-5-7-21(23)28/h5-15,24H,4,16H2,1-3H3,(H,29,33)(H,30,35)/t24-/m0/s1. The fraction of sp³-hybridized carbons (Fsp3) is 0.222. The van der Waals surface area contributed by atoms with Crippen LogP contribution >= 0.6 is 12.2 Å². The van der Waals surface area contributed by atoms with Gasteiger partial charge in [0.2, 0.25) is 0 Å². The van der Waals surface area contributed by atoms with E-state index in [4.69, 9.17) is 12.2 Å². The van der Waals surface area contributed by atoms with Crippen LogP contribution in [0.2, 0.25) is 0 Å². The van der Waals surface area contributed by atoms with Crippen molar-refractivity contribution in [3.63, 3.8) is 0 Å². The molecule has 0 radical (unpaired) electrons. The molecule has 0 saturated heterocycles. The average molecular weight is 491 g/mol. The van der Waals surface area contributed by atoms with Crippen molar-refractivity contribution in [1.82, 2.24) is 19.8 Å². The van der Waals surface area contributed by atoms with E-state index in [1.807, 2.05) is 14.1 Å². The molecule has 8 heteroatoms. The molecular formula is C27H27FN4O2S. The van der Waals surface area contributed by atoms with Gasteiger partial charge in [0.25, 0.3) is 11.5 Å². The van der Waals surface area contributed by atoms with Gasteiger partial charge in [-0.05, 0) is 74.2 Å². The first kappa shape index (κ1) is 24.5. The number of nitrogens with one attached hydrogen (secondary N) is 2. The number of carbonyl (C=O) groups is 1. The number of aromatic nitrogens is 2. The van der Waals surface area contributed by atoms with Crippen LogP contribution in [0, 0.1) is 10.6 Å². The third-order valence-corrected chi connectivity index (χ3v) is 6.39. The number of aromatic amines is 1. The highest BCUT2D eigenvalue weighted by Crippen LogP contribution is 2.19. The minimum atomic E-state index is -0.552. The quantitative estimate of drug-likeness (QED) is 0.366. The molecule has 3 aromatic carbocycles. The van der Waals surface area contributed by atoms with Crippen molar-refractivity contribution in [3.05, 3.63) is 104 Å². The third kappa shape index (κ3) is 5.08. The Kier molecular flexibility index (Phi) is 7.23. The van der Waals surface area contributed by atoms with Crippen molar-refractivity contribution < 1.29 is 9.18 Å². The van der Waals surface area contributed by atoms with Crippen molar-refractivity contribution >= 4 is 29.0 Å².